The van der Waals surface area contributed by atoms with E-state index in [0.29, 0.717) is 11.8 Å². The SMILES string of the molecule is CC(C)[C@@H]1CC[C@@H](C)C[C@H]1O.O=S(=O)([O-])c1ccc(O)cc1.O=S(=O)([O-])c1ccc(O)cc1.[Zn+2]. The fourth-order valence-electron chi connectivity index (χ4n) is 3.38. The first-order chi connectivity index (χ1) is 15.1. The molecule has 0 unspecified atom stereocenters. The Balaban J connectivity index is 0.000000473. The van der Waals surface area contributed by atoms with Gasteiger partial charge in [-0.25, -0.2) is 16.8 Å². The van der Waals surface area contributed by atoms with Crippen LogP contribution >= 0.6 is 0 Å². The molecular formula is C22H30O9S2Zn. The standard InChI is InChI=1S/C10H20O.2C6H6O4S.Zn/c1-7(2)9-5-4-8(3)6-10(9)11;2*7-5-1-3-6(4-2-5)11(8,9)10;/h7-11H,4-6H2,1-3H3;2*1-4,7H,(H,8,9,10);/q;;;+2/p-2/t8-,9+,10-;;;/m1.../s1. The number of rotatable bonds is 3. The number of phenols is 2. The molecule has 0 saturated heterocycles. The second kappa shape index (κ2) is 14.1. The van der Waals surface area contributed by atoms with Crippen LogP contribution < -0.4 is 0 Å². The van der Waals surface area contributed by atoms with Crippen molar-refractivity contribution in [2.24, 2.45) is 17.8 Å². The van der Waals surface area contributed by atoms with E-state index in [1.54, 1.807) is 0 Å². The molecule has 1 saturated carbocycles. The van der Waals surface area contributed by atoms with Gasteiger partial charge in [0.2, 0.25) is 0 Å². The molecule has 0 aromatic heterocycles. The summed E-state index contributed by atoms with van der Waals surface area (Å²) in [6, 6.07) is 8.79. The molecule has 34 heavy (non-hydrogen) atoms. The predicted molar refractivity (Wildman–Crippen MR) is 119 cm³/mol. The van der Waals surface area contributed by atoms with E-state index in [-0.39, 0.29) is 46.9 Å². The Labute approximate surface area is 214 Å². The molecule has 1 aliphatic carbocycles. The average Bonchev–Trinajstić information content (AvgIpc) is 2.68. The van der Waals surface area contributed by atoms with Gasteiger partial charge in [0.1, 0.15) is 31.7 Å². The third kappa shape index (κ3) is 11.7. The Morgan fingerprint density at radius 3 is 1.41 bits per heavy atom. The molecule has 12 heteroatoms. The number of aliphatic hydroxyl groups excluding tert-OH is 1. The quantitative estimate of drug-likeness (QED) is 0.372. The van der Waals surface area contributed by atoms with Crippen LogP contribution in [0.3, 0.4) is 0 Å². The molecule has 0 bridgehead atoms. The monoisotopic (exact) mass is 566 g/mol. The smallest absolute Gasteiger partial charge is 0.744 e. The fraction of sp³-hybridized carbons (Fsp3) is 0.455. The zero-order valence-electron chi connectivity index (χ0n) is 19.4. The van der Waals surface area contributed by atoms with E-state index in [4.69, 9.17) is 10.2 Å². The summed E-state index contributed by atoms with van der Waals surface area (Å²) in [7, 11) is -8.76. The van der Waals surface area contributed by atoms with Crippen molar-refractivity contribution < 1.29 is 60.7 Å². The minimum Gasteiger partial charge on any atom is -0.744 e. The van der Waals surface area contributed by atoms with Gasteiger partial charge in [-0.15, -0.1) is 0 Å². The number of aromatic hydroxyl groups is 2. The van der Waals surface area contributed by atoms with Crippen molar-refractivity contribution >= 4 is 20.2 Å². The van der Waals surface area contributed by atoms with Crippen LogP contribution in [0.15, 0.2) is 58.3 Å². The molecule has 3 atom stereocenters. The summed E-state index contributed by atoms with van der Waals surface area (Å²) in [5.41, 5.74) is 0. The van der Waals surface area contributed by atoms with E-state index in [9.17, 15) is 31.0 Å². The fourth-order valence-corrected chi connectivity index (χ4v) is 4.32. The van der Waals surface area contributed by atoms with E-state index < -0.39 is 20.2 Å². The molecule has 0 heterocycles. The zero-order valence-corrected chi connectivity index (χ0v) is 24.0. The van der Waals surface area contributed by atoms with Crippen molar-refractivity contribution in [3.05, 3.63) is 48.5 Å². The van der Waals surface area contributed by atoms with Crippen molar-refractivity contribution in [2.45, 2.75) is 55.9 Å². The Bertz CT molecular complexity index is 995. The summed E-state index contributed by atoms with van der Waals surface area (Å²) >= 11 is 0. The maximum Gasteiger partial charge on any atom is 2.00 e. The molecule has 3 rings (SSSR count). The number of phenolic OH excluding ortho intramolecular Hbond substituents is 2. The zero-order chi connectivity index (χ0) is 25.4. The van der Waals surface area contributed by atoms with Crippen molar-refractivity contribution in [2.75, 3.05) is 0 Å². The Kier molecular flexibility index (Phi) is 13.5. The van der Waals surface area contributed by atoms with Gasteiger partial charge in [-0.2, -0.15) is 0 Å². The van der Waals surface area contributed by atoms with Crippen LogP contribution in [0.2, 0.25) is 0 Å². The van der Waals surface area contributed by atoms with Gasteiger partial charge in [-0.1, -0.05) is 27.2 Å². The van der Waals surface area contributed by atoms with Gasteiger partial charge >= 0.3 is 19.5 Å². The summed E-state index contributed by atoms with van der Waals surface area (Å²) in [6.45, 7) is 6.66. The van der Waals surface area contributed by atoms with E-state index in [1.165, 1.54) is 12.8 Å². The molecule has 2 aromatic carbocycles. The number of benzene rings is 2. The van der Waals surface area contributed by atoms with Crippen LogP contribution in [0.5, 0.6) is 11.5 Å². The second-order valence-electron chi connectivity index (χ2n) is 8.29. The molecule has 1 aliphatic rings. The van der Waals surface area contributed by atoms with Crippen LogP contribution in [-0.4, -0.2) is 47.4 Å². The average molecular weight is 568 g/mol. The normalized spacial score (nSPS) is 20.1. The van der Waals surface area contributed by atoms with Gasteiger partial charge in [-0.3, -0.25) is 0 Å². The summed E-state index contributed by atoms with van der Waals surface area (Å²) in [6.07, 6.45) is 3.52. The molecule has 0 radical (unpaired) electrons. The summed E-state index contributed by atoms with van der Waals surface area (Å²) in [5.74, 6) is 1.80. The van der Waals surface area contributed by atoms with Gasteiger partial charge < -0.3 is 24.4 Å². The van der Waals surface area contributed by atoms with Crippen LogP contribution in [0.4, 0.5) is 0 Å². The van der Waals surface area contributed by atoms with E-state index in [1.807, 2.05) is 0 Å². The van der Waals surface area contributed by atoms with Gasteiger partial charge in [0, 0.05) is 0 Å². The number of hydrogen-bond acceptors (Lipinski definition) is 9. The summed E-state index contributed by atoms with van der Waals surface area (Å²) in [4.78, 5) is -0.675. The van der Waals surface area contributed by atoms with Gasteiger partial charge in [-0.05, 0) is 79.1 Å². The van der Waals surface area contributed by atoms with Crippen LogP contribution in [-0.2, 0) is 39.7 Å². The Morgan fingerprint density at radius 2 is 1.15 bits per heavy atom. The first kappa shape index (κ1) is 32.4. The maximum atomic E-state index is 10.3. The third-order valence-corrected chi connectivity index (χ3v) is 6.94. The van der Waals surface area contributed by atoms with Crippen molar-refractivity contribution in [3.8, 4) is 11.5 Å². The predicted octanol–water partition coefficient (Wildman–Crippen LogP) is 3.03. The largest absolute Gasteiger partial charge is 2.00 e. The molecule has 0 aliphatic heterocycles. The van der Waals surface area contributed by atoms with E-state index >= 15 is 0 Å². The van der Waals surface area contributed by atoms with Crippen LogP contribution in [0.1, 0.15) is 40.0 Å². The molecule has 0 amide bonds. The number of aliphatic hydroxyl groups is 1. The minimum atomic E-state index is -4.38. The van der Waals surface area contributed by atoms with E-state index in [2.05, 4.69) is 20.8 Å². The molecule has 0 spiro atoms. The topological polar surface area (TPSA) is 175 Å². The molecule has 186 valence electrons. The van der Waals surface area contributed by atoms with Crippen LogP contribution in [0, 0.1) is 17.8 Å². The first-order valence-corrected chi connectivity index (χ1v) is 13.1. The van der Waals surface area contributed by atoms with Gasteiger partial charge in [0.15, 0.2) is 0 Å². The summed E-state index contributed by atoms with van der Waals surface area (Å²) < 4.78 is 61.8. The molecule has 1 fully saturated rings. The van der Waals surface area contributed by atoms with Crippen LogP contribution in [0.25, 0.3) is 0 Å². The Morgan fingerprint density at radius 1 is 0.794 bits per heavy atom. The first-order valence-electron chi connectivity index (χ1n) is 10.3. The molecule has 9 nitrogen and oxygen atoms in total. The summed E-state index contributed by atoms with van der Waals surface area (Å²) in [5, 5.41) is 27.2. The van der Waals surface area contributed by atoms with Crippen molar-refractivity contribution in [1.29, 1.82) is 0 Å². The minimum absolute atomic E-state index is 0. The van der Waals surface area contributed by atoms with Gasteiger partial charge in [0.05, 0.1) is 15.9 Å². The molecule has 3 N–H and O–H groups in total. The third-order valence-electron chi connectivity index (χ3n) is 5.24. The maximum absolute atomic E-state index is 10.3. The Hall–Kier alpha value is -1.56. The second-order valence-corrected chi connectivity index (χ2v) is 11.0. The van der Waals surface area contributed by atoms with E-state index in [0.717, 1.165) is 60.9 Å². The molecular weight excluding hydrogens is 538 g/mol. The van der Waals surface area contributed by atoms with Crippen molar-refractivity contribution in [3.63, 3.8) is 0 Å². The molecule has 2 aromatic rings. The van der Waals surface area contributed by atoms with Crippen molar-refractivity contribution in [1.82, 2.24) is 0 Å². The van der Waals surface area contributed by atoms with Gasteiger partial charge in [0.25, 0.3) is 0 Å². The number of hydrogen-bond donors (Lipinski definition) is 3.